The van der Waals surface area contributed by atoms with Crippen molar-refractivity contribution in [2.24, 2.45) is 4.99 Å². The van der Waals surface area contributed by atoms with E-state index in [2.05, 4.69) is 62.6 Å². The van der Waals surface area contributed by atoms with Crippen LogP contribution in [0, 0.1) is 0 Å². The number of aliphatic imine (C=N–C) groups is 1. The van der Waals surface area contributed by atoms with Crippen LogP contribution in [0.2, 0.25) is 0 Å². The molecule has 0 radical (unpaired) electrons. The standard InChI is InChI=1S/C24H34N4OS/c1-7-11-20(9-3)30-17-24-27-23(16-19(5)28(24)6)26-18(4)15-21(25-13-8-2)22-12-10-14-29-22/h9-12,14-16,24-25H,3-4,7-8,13,17H2,1-2,5-6H3,(H,26,27)/b20-11+,21-15-. The molecule has 1 aliphatic heterocycles. The van der Waals surface area contributed by atoms with Crippen LogP contribution in [-0.4, -0.2) is 36.2 Å². The smallest absolute Gasteiger partial charge is 0.149 e. The summed E-state index contributed by atoms with van der Waals surface area (Å²) in [5.41, 5.74) is 2.81. The first-order valence-electron chi connectivity index (χ1n) is 10.4. The Morgan fingerprint density at radius 2 is 2.20 bits per heavy atom. The first kappa shape index (κ1) is 23.7. The number of furan rings is 1. The third kappa shape index (κ3) is 7.02. The molecule has 0 saturated carbocycles. The lowest BCUT2D eigenvalue weighted by atomic mass is 10.2. The van der Waals surface area contributed by atoms with E-state index in [0.717, 1.165) is 53.8 Å². The zero-order valence-corrected chi connectivity index (χ0v) is 19.4. The molecule has 2 heterocycles. The van der Waals surface area contributed by atoms with Gasteiger partial charge in [0.05, 0.1) is 12.0 Å². The van der Waals surface area contributed by atoms with Gasteiger partial charge in [-0.2, -0.15) is 0 Å². The van der Waals surface area contributed by atoms with Gasteiger partial charge in [-0.1, -0.05) is 39.2 Å². The van der Waals surface area contributed by atoms with Gasteiger partial charge in [0.2, 0.25) is 0 Å². The van der Waals surface area contributed by atoms with Crippen LogP contribution in [0.1, 0.15) is 39.4 Å². The van der Waals surface area contributed by atoms with Crippen molar-refractivity contribution in [1.82, 2.24) is 15.5 Å². The normalized spacial score (nSPS) is 17.3. The molecule has 6 heteroatoms. The minimum absolute atomic E-state index is 0.0437. The molecule has 5 nitrogen and oxygen atoms in total. The van der Waals surface area contributed by atoms with Gasteiger partial charge >= 0.3 is 0 Å². The molecule has 162 valence electrons. The predicted molar refractivity (Wildman–Crippen MR) is 131 cm³/mol. The summed E-state index contributed by atoms with van der Waals surface area (Å²) in [6.07, 6.45) is 11.9. The van der Waals surface area contributed by atoms with E-state index >= 15 is 0 Å². The van der Waals surface area contributed by atoms with Crippen molar-refractivity contribution in [2.45, 2.75) is 39.8 Å². The highest BCUT2D eigenvalue weighted by molar-refractivity contribution is 8.03. The maximum Gasteiger partial charge on any atom is 0.149 e. The molecule has 1 aromatic rings. The molecule has 0 saturated heterocycles. The fourth-order valence-electron chi connectivity index (χ4n) is 2.89. The van der Waals surface area contributed by atoms with Gasteiger partial charge in [-0.05, 0) is 44.1 Å². The van der Waals surface area contributed by atoms with Crippen LogP contribution >= 0.6 is 11.8 Å². The van der Waals surface area contributed by atoms with Gasteiger partial charge < -0.3 is 20.0 Å². The Morgan fingerprint density at radius 1 is 1.40 bits per heavy atom. The molecule has 0 spiro atoms. The van der Waals surface area contributed by atoms with Gasteiger partial charge in [-0.15, -0.1) is 11.8 Å². The lowest BCUT2D eigenvalue weighted by molar-refractivity contribution is 0.333. The van der Waals surface area contributed by atoms with Gasteiger partial charge in [0.15, 0.2) is 0 Å². The zero-order valence-electron chi connectivity index (χ0n) is 18.6. The summed E-state index contributed by atoms with van der Waals surface area (Å²) in [6, 6.07) is 3.82. The summed E-state index contributed by atoms with van der Waals surface area (Å²) in [4.78, 5) is 8.28. The number of nitrogens with one attached hydrogen (secondary N) is 2. The van der Waals surface area contributed by atoms with Crippen LogP contribution in [0.4, 0.5) is 0 Å². The summed E-state index contributed by atoms with van der Waals surface area (Å²) in [5, 5.41) is 6.75. The monoisotopic (exact) mass is 426 g/mol. The maximum atomic E-state index is 5.55. The van der Waals surface area contributed by atoms with Crippen LogP contribution < -0.4 is 10.6 Å². The quantitative estimate of drug-likeness (QED) is 0.457. The van der Waals surface area contributed by atoms with E-state index in [4.69, 9.17) is 9.41 Å². The van der Waals surface area contributed by atoms with Crippen LogP contribution in [0.5, 0.6) is 0 Å². The Kier molecular flexibility index (Phi) is 9.61. The fraction of sp³-hybridized carbons (Fsp3) is 0.375. The van der Waals surface area contributed by atoms with Crippen LogP contribution in [0.3, 0.4) is 0 Å². The molecule has 1 unspecified atom stereocenters. The van der Waals surface area contributed by atoms with Gasteiger partial charge in [0, 0.05) is 35.6 Å². The number of allylic oxidation sites excluding steroid dienone is 4. The van der Waals surface area contributed by atoms with Crippen molar-refractivity contribution < 1.29 is 4.42 Å². The van der Waals surface area contributed by atoms with E-state index < -0.39 is 0 Å². The van der Waals surface area contributed by atoms with E-state index in [0.29, 0.717) is 0 Å². The highest BCUT2D eigenvalue weighted by atomic mass is 32.2. The Balaban J connectivity index is 2.11. The van der Waals surface area contributed by atoms with Crippen molar-refractivity contribution in [3.8, 4) is 0 Å². The van der Waals surface area contributed by atoms with Gasteiger partial charge in [0.1, 0.15) is 17.8 Å². The van der Waals surface area contributed by atoms with Crippen molar-refractivity contribution in [3.05, 3.63) is 77.9 Å². The molecular formula is C24H34N4OS. The number of thioether (sulfide) groups is 1. The highest BCUT2D eigenvalue weighted by Crippen LogP contribution is 2.24. The first-order chi connectivity index (χ1) is 14.5. The van der Waals surface area contributed by atoms with Gasteiger partial charge in [0.25, 0.3) is 0 Å². The topological polar surface area (TPSA) is 52.8 Å². The Labute approximate surface area is 185 Å². The third-order valence-corrected chi connectivity index (χ3v) is 5.73. The summed E-state index contributed by atoms with van der Waals surface area (Å²) in [5.74, 6) is 2.45. The SMILES string of the molecule is C=C/C(=C\CC)SCC1N=C(NC(=C)/C=C(\NCCC)c2ccco2)C=C(C)N1C. The highest BCUT2D eigenvalue weighted by Gasteiger charge is 2.20. The Bertz CT molecular complexity index is 833. The number of hydrogen-bond donors (Lipinski definition) is 2. The second-order valence-electron chi connectivity index (χ2n) is 7.03. The lowest BCUT2D eigenvalue weighted by Gasteiger charge is -2.31. The molecule has 2 N–H and O–H groups in total. The lowest BCUT2D eigenvalue weighted by Crippen LogP contribution is -2.38. The third-order valence-electron chi connectivity index (χ3n) is 4.60. The number of amidine groups is 1. The fourth-order valence-corrected chi connectivity index (χ4v) is 3.93. The van der Waals surface area contributed by atoms with E-state index in [-0.39, 0.29) is 6.17 Å². The van der Waals surface area contributed by atoms with E-state index in [1.165, 1.54) is 4.91 Å². The Hall–Kier alpha value is -2.60. The van der Waals surface area contributed by atoms with Crippen LogP contribution in [0.25, 0.3) is 5.70 Å². The molecule has 1 atom stereocenters. The minimum Gasteiger partial charge on any atom is -0.463 e. The molecule has 2 rings (SSSR count). The van der Waals surface area contributed by atoms with E-state index in [1.54, 1.807) is 18.0 Å². The zero-order chi connectivity index (χ0) is 21.9. The van der Waals surface area contributed by atoms with Gasteiger partial charge in [-0.3, -0.25) is 0 Å². The molecule has 0 aliphatic carbocycles. The largest absolute Gasteiger partial charge is 0.463 e. The summed E-state index contributed by atoms with van der Waals surface area (Å²) in [6.45, 7) is 15.3. The predicted octanol–water partition coefficient (Wildman–Crippen LogP) is 5.51. The second-order valence-corrected chi connectivity index (χ2v) is 8.13. The van der Waals surface area contributed by atoms with Gasteiger partial charge in [-0.25, -0.2) is 4.99 Å². The van der Waals surface area contributed by atoms with Crippen LogP contribution in [0.15, 0.2) is 81.6 Å². The summed E-state index contributed by atoms with van der Waals surface area (Å²) >= 11 is 1.78. The summed E-state index contributed by atoms with van der Waals surface area (Å²) < 4.78 is 5.55. The maximum absolute atomic E-state index is 5.55. The second kappa shape index (κ2) is 12.2. The Morgan fingerprint density at radius 3 is 2.83 bits per heavy atom. The van der Waals surface area contributed by atoms with Crippen molar-refractivity contribution in [3.63, 3.8) is 0 Å². The average molecular weight is 427 g/mol. The van der Waals surface area contributed by atoms with Crippen molar-refractivity contribution in [1.29, 1.82) is 0 Å². The van der Waals surface area contributed by atoms with Crippen LogP contribution in [-0.2, 0) is 0 Å². The number of rotatable bonds is 11. The van der Waals surface area contributed by atoms with Crippen molar-refractivity contribution >= 4 is 23.3 Å². The average Bonchev–Trinajstić information content (AvgIpc) is 3.26. The molecule has 0 aromatic carbocycles. The van der Waals surface area contributed by atoms with Crippen molar-refractivity contribution in [2.75, 3.05) is 19.3 Å². The molecule has 30 heavy (non-hydrogen) atoms. The van der Waals surface area contributed by atoms with E-state index in [9.17, 15) is 0 Å². The number of hydrogen-bond acceptors (Lipinski definition) is 6. The summed E-state index contributed by atoms with van der Waals surface area (Å²) in [7, 11) is 2.08. The molecular weight excluding hydrogens is 392 g/mol. The minimum atomic E-state index is 0.0437. The molecule has 0 fully saturated rings. The molecule has 1 aromatic heterocycles. The molecule has 0 amide bonds. The molecule has 0 bridgehead atoms. The van der Waals surface area contributed by atoms with E-state index in [1.807, 2.05) is 30.4 Å². The first-order valence-corrected chi connectivity index (χ1v) is 11.4. The number of nitrogens with zero attached hydrogens (tertiary/aromatic N) is 2. The molecule has 1 aliphatic rings.